The van der Waals surface area contributed by atoms with Gasteiger partial charge in [-0.2, -0.15) is 0 Å². The highest BCUT2D eigenvalue weighted by atomic mass is 32.2. The fourth-order valence-corrected chi connectivity index (χ4v) is 2.52. The van der Waals surface area contributed by atoms with E-state index in [0.29, 0.717) is 11.3 Å². The van der Waals surface area contributed by atoms with Crippen molar-refractivity contribution >= 4 is 10.8 Å². The molecule has 1 heterocycles. The molecule has 0 aromatic rings. The van der Waals surface area contributed by atoms with E-state index in [0.717, 1.165) is 26.1 Å². The number of rotatable bonds is 5. The third-order valence-electron chi connectivity index (χ3n) is 3.47. The minimum atomic E-state index is -0.672. The van der Waals surface area contributed by atoms with Crippen molar-refractivity contribution in [2.45, 2.75) is 44.4 Å². The maximum atomic E-state index is 11.3. The first kappa shape index (κ1) is 14.1. The van der Waals surface area contributed by atoms with Crippen LogP contribution in [0.15, 0.2) is 0 Å². The first-order valence-electron chi connectivity index (χ1n) is 6.41. The van der Waals surface area contributed by atoms with Crippen molar-refractivity contribution in [3.63, 3.8) is 0 Å². The van der Waals surface area contributed by atoms with Crippen LogP contribution in [0.1, 0.15) is 33.1 Å². The Bertz CT molecular complexity index is 223. The predicted octanol–water partition coefficient (Wildman–Crippen LogP) is 1.22. The van der Waals surface area contributed by atoms with E-state index in [4.69, 9.17) is 0 Å². The van der Waals surface area contributed by atoms with Crippen molar-refractivity contribution in [3.05, 3.63) is 0 Å². The lowest BCUT2D eigenvalue weighted by molar-refractivity contribution is 0.262. The number of hydrogen-bond donors (Lipinski definition) is 1. The standard InChI is InChI=1S/C12H26N2OS/c1-4-12-10-14(8-5-7-13-12)9-6-11(2)16(3)15/h11-13H,4-10H2,1-3H3. The summed E-state index contributed by atoms with van der Waals surface area (Å²) in [4.78, 5) is 2.53. The van der Waals surface area contributed by atoms with E-state index >= 15 is 0 Å². The van der Waals surface area contributed by atoms with E-state index in [1.54, 1.807) is 0 Å². The zero-order valence-electron chi connectivity index (χ0n) is 10.9. The smallest absolute Gasteiger partial charge is 0.0329 e. The monoisotopic (exact) mass is 246 g/mol. The van der Waals surface area contributed by atoms with Gasteiger partial charge in [0, 0.05) is 34.9 Å². The highest BCUT2D eigenvalue weighted by molar-refractivity contribution is 7.84. The topological polar surface area (TPSA) is 32.3 Å². The molecule has 1 aliphatic heterocycles. The molecule has 0 radical (unpaired) electrons. The first-order valence-corrected chi connectivity index (χ1v) is 8.03. The molecule has 0 saturated carbocycles. The SMILES string of the molecule is CCC1CN(CCC(C)S(C)=O)CCCN1. The summed E-state index contributed by atoms with van der Waals surface area (Å²) >= 11 is 0. The fourth-order valence-electron chi connectivity index (χ4n) is 2.08. The molecular formula is C12H26N2OS. The third kappa shape index (κ3) is 4.93. The van der Waals surface area contributed by atoms with Gasteiger partial charge in [0.2, 0.25) is 0 Å². The Morgan fingerprint density at radius 1 is 1.56 bits per heavy atom. The Morgan fingerprint density at radius 3 is 2.94 bits per heavy atom. The minimum absolute atomic E-state index is 0.330. The second kappa shape index (κ2) is 7.41. The average Bonchev–Trinajstić information content (AvgIpc) is 2.50. The Kier molecular flexibility index (Phi) is 6.54. The van der Waals surface area contributed by atoms with Gasteiger partial charge in [-0.3, -0.25) is 4.21 Å². The molecule has 1 saturated heterocycles. The van der Waals surface area contributed by atoms with E-state index in [2.05, 4.69) is 24.1 Å². The quantitative estimate of drug-likeness (QED) is 0.791. The molecule has 1 N–H and O–H groups in total. The Balaban J connectivity index is 2.31. The third-order valence-corrected chi connectivity index (χ3v) is 4.84. The molecule has 3 unspecified atom stereocenters. The Labute approximate surface area is 102 Å². The van der Waals surface area contributed by atoms with Crippen LogP contribution in [0, 0.1) is 0 Å². The summed E-state index contributed by atoms with van der Waals surface area (Å²) in [7, 11) is -0.672. The summed E-state index contributed by atoms with van der Waals surface area (Å²) in [5, 5.41) is 3.90. The molecule has 0 aliphatic carbocycles. The molecule has 0 amide bonds. The first-order chi connectivity index (χ1) is 7.63. The summed E-state index contributed by atoms with van der Waals surface area (Å²) in [6, 6.07) is 0.643. The van der Waals surface area contributed by atoms with E-state index < -0.39 is 10.8 Å². The van der Waals surface area contributed by atoms with Gasteiger partial charge in [0.1, 0.15) is 0 Å². The fraction of sp³-hybridized carbons (Fsp3) is 1.00. The van der Waals surface area contributed by atoms with Gasteiger partial charge < -0.3 is 10.2 Å². The maximum absolute atomic E-state index is 11.3. The van der Waals surface area contributed by atoms with Gasteiger partial charge in [0.15, 0.2) is 0 Å². The van der Waals surface area contributed by atoms with Crippen LogP contribution >= 0.6 is 0 Å². The molecule has 0 aromatic carbocycles. The van der Waals surface area contributed by atoms with Gasteiger partial charge in [0.05, 0.1) is 0 Å². The van der Waals surface area contributed by atoms with Crippen LogP contribution in [-0.2, 0) is 10.8 Å². The molecule has 3 nitrogen and oxygen atoms in total. The molecule has 96 valence electrons. The van der Waals surface area contributed by atoms with Crippen molar-refractivity contribution in [2.75, 3.05) is 32.4 Å². The lowest BCUT2D eigenvalue weighted by Crippen LogP contribution is -2.38. The van der Waals surface area contributed by atoms with Gasteiger partial charge in [0.25, 0.3) is 0 Å². The van der Waals surface area contributed by atoms with Crippen molar-refractivity contribution in [2.24, 2.45) is 0 Å². The molecule has 1 rings (SSSR count). The maximum Gasteiger partial charge on any atom is 0.0329 e. The highest BCUT2D eigenvalue weighted by Crippen LogP contribution is 2.07. The van der Waals surface area contributed by atoms with E-state index in [1.807, 2.05) is 6.26 Å². The van der Waals surface area contributed by atoms with E-state index in [9.17, 15) is 4.21 Å². The summed E-state index contributed by atoms with van der Waals surface area (Å²) in [5.41, 5.74) is 0. The van der Waals surface area contributed by atoms with Crippen LogP contribution in [0.4, 0.5) is 0 Å². The summed E-state index contributed by atoms with van der Waals surface area (Å²) < 4.78 is 11.3. The molecular weight excluding hydrogens is 220 g/mol. The van der Waals surface area contributed by atoms with Crippen LogP contribution in [-0.4, -0.2) is 52.8 Å². The van der Waals surface area contributed by atoms with Gasteiger partial charge >= 0.3 is 0 Å². The predicted molar refractivity (Wildman–Crippen MR) is 71.3 cm³/mol. The van der Waals surface area contributed by atoms with Crippen molar-refractivity contribution < 1.29 is 4.21 Å². The average molecular weight is 246 g/mol. The second-order valence-electron chi connectivity index (χ2n) is 4.81. The highest BCUT2D eigenvalue weighted by Gasteiger charge is 2.17. The van der Waals surface area contributed by atoms with Gasteiger partial charge in [-0.05, 0) is 38.9 Å². The lowest BCUT2D eigenvalue weighted by atomic mass is 10.2. The minimum Gasteiger partial charge on any atom is -0.313 e. The molecule has 0 bridgehead atoms. The van der Waals surface area contributed by atoms with Crippen LogP contribution in [0.2, 0.25) is 0 Å². The molecule has 0 aromatic heterocycles. The van der Waals surface area contributed by atoms with Crippen molar-refractivity contribution in [1.29, 1.82) is 0 Å². The Hall–Kier alpha value is 0.0700. The molecule has 4 heteroatoms. The van der Waals surface area contributed by atoms with E-state index in [1.165, 1.54) is 19.4 Å². The zero-order valence-corrected chi connectivity index (χ0v) is 11.7. The van der Waals surface area contributed by atoms with Gasteiger partial charge in [-0.25, -0.2) is 0 Å². The molecule has 0 spiro atoms. The zero-order chi connectivity index (χ0) is 12.0. The van der Waals surface area contributed by atoms with Crippen molar-refractivity contribution in [1.82, 2.24) is 10.2 Å². The summed E-state index contributed by atoms with van der Waals surface area (Å²) in [5.74, 6) is 0. The molecule has 1 fully saturated rings. The summed E-state index contributed by atoms with van der Waals surface area (Å²) in [6.45, 7) is 8.91. The second-order valence-corrected chi connectivity index (χ2v) is 6.61. The molecule has 3 atom stereocenters. The van der Waals surface area contributed by atoms with Crippen LogP contribution in [0.25, 0.3) is 0 Å². The normalized spacial score (nSPS) is 27.3. The Morgan fingerprint density at radius 2 is 2.31 bits per heavy atom. The number of nitrogens with zero attached hydrogens (tertiary/aromatic N) is 1. The number of hydrogen-bond acceptors (Lipinski definition) is 3. The van der Waals surface area contributed by atoms with Crippen LogP contribution < -0.4 is 5.32 Å². The molecule has 16 heavy (non-hydrogen) atoms. The van der Waals surface area contributed by atoms with Crippen LogP contribution in [0.5, 0.6) is 0 Å². The van der Waals surface area contributed by atoms with Crippen LogP contribution in [0.3, 0.4) is 0 Å². The number of nitrogens with one attached hydrogen (secondary N) is 1. The summed E-state index contributed by atoms with van der Waals surface area (Å²) in [6.07, 6.45) is 5.30. The van der Waals surface area contributed by atoms with Gasteiger partial charge in [-0.1, -0.05) is 13.8 Å². The van der Waals surface area contributed by atoms with E-state index in [-0.39, 0.29) is 0 Å². The lowest BCUT2D eigenvalue weighted by Gasteiger charge is -2.24. The van der Waals surface area contributed by atoms with Gasteiger partial charge in [-0.15, -0.1) is 0 Å². The largest absolute Gasteiger partial charge is 0.313 e. The van der Waals surface area contributed by atoms with Crippen molar-refractivity contribution in [3.8, 4) is 0 Å². The molecule has 1 aliphatic rings.